The van der Waals surface area contributed by atoms with Gasteiger partial charge in [-0.2, -0.15) is 0 Å². The molecule has 2 rings (SSSR count). The Hall–Kier alpha value is -1.28. The zero-order valence-electron chi connectivity index (χ0n) is 7.61. The van der Waals surface area contributed by atoms with E-state index in [0.717, 1.165) is 18.7 Å². The average molecular weight is 174 g/mol. The van der Waals surface area contributed by atoms with Gasteiger partial charge >= 0.3 is 0 Å². The molecular formula is C11H14N2. The fraction of sp³-hybridized carbons (Fsp3) is 0.273. The van der Waals surface area contributed by atoms with Crippen LogP contribution in [0.15, 0.2) is 42.6 Å². The summed E-state index contributed by atoms with van der Waals surface area (Å²) < 4.78 is 0. The zero-order valence-corrected chi connectivity index (χ0v) is 7.61. The molecule has 2 heteroatoms. The van der Waals surface area contributed by atoms with Crippen LogP contribution >= 0.6 is 0 Å². The van der Waals surface area contributed by atoms with Gasteiger partial charge in [0.15, 0.2) is 0 Å². The number of rotatable bonds is 1. The largest absolute Gasteiger partial charge is 0.315 e. The molecule has 1 atom stereocenters. The van der Waals surface area contributed by atoms with Crippen LogP contribution in [0, 0.1) is 0 Å². The van der Waals surface area contributed by atoms with Gasteiger partial charge in [0.1, 0.15) is 0 Å². The van der Waals surface area contributed by atoms with Crippen molar-refractivity contribution in [2.45, 2.75) is 12.3 Å². The molecule has 0 amide bonds. The third kappa shape index (κ3) is 1.45. The topological polar surface area (TPSA) is 29.3 Å². The van der Waals surface area contributed by atoms with Gasteiger partial charge in [0, 0.05) is 18.2 Å². The first-order valence-electron chi connectivity index (χ1n) is 4.55. The number of benzene rings is 1. The van der Waals surface area contributed by atoms with Gasteiger partial charge in [-0.1, -0.05) is 36.9 Å². The Labute approximate surface area is 78.6 Å². The van der Waals surface area contributed by atoms with Crippen molar-refractivity contribution < 1.29 is 0 Å². The maximum atomic E-state index is 5.74. The van der Waals surface area contributed by atoms with Crippen LogP contribution in [0.2, 0.25) is 0 Å². The van der Waals surface area contributed by atoms with E-state index in [1.165, 1.54) is 5.56 Å². The lowest BCUT2D eigenvalue weighted by Gasteiger charge is -2.15. The molecule has 0 radical (unpaired) electrons. The molecular weight excluding hydrogens is 160 g/mol. The Morgan fingerprint density at radius 2 is 2.00 bits per heavy atom. The Balaban J connectivity index is 2.24. The second-order valence-electron chi connectivity index (χ2n) is 3.44. The SMILES string of the molecule is C=C1C(c2ccccc2)CCN1N. The number of hydrazine groups is 1. The van der Waals surface area contributed by atoms with Gasteiger partial charge in [-0.25, -0.2) is 5.84 Å². The van der Waals surface area contributed by atoms with Crippen LogP contribution in [-0.2, 0) is 0 Å². The lowest BCUT2D eigenvalue weighted by Crippen LogP contribution is -2.25. The molecule has 1 aromatic rings. The first kappa shape index (κ1) is 8.32. The van der Waals surface area contributed by atoms with E-state index in [0.29, 0.717) is 5.92 Å². The molecule has 0 saturated carbocycles. The lowest BCUT2D eigenvalue weighted by atomic mass is 9.96. The Morgan fingerprint density at radius 3 is 2.54 bits per heavy atom. The van der Waals surface area contributed by atoms with Crippen LogP contribution in [0.1, 0.15) is 17.9 Å². The third-order valence-electron chi connectivity index (χ3n) is 2.63. The second-order valence-corrected chi connectivity index (χ2v) is 3.44. The minimum Gasteiger partial charge on any atom is -0.315 e. The van der Waals surface area contributed by atoms with Crippen LogP contribution in [0.5, 0.6) is 0 Å². The van der Waals surface area contributed by atoms with E-state index in [1.54, 1.807) is 5.01 Å². The van der Waals surface area contributed by atoms with Crippen molar-refractivity contribution in [3.05, 3.63) is 48.2 Å². The molecule has 2 nitrogen and oxygen atoms in total. The Bertz CT molecular complexity index is 305. The molecule has 1 saturated heterocycles. The summed E-state index contributed by atoms with van der Waals surface area (Å²) in [6.07, 6.45) is 1.08. The van der Waals surface area contributed by atoms with E-state index in [4.69, 9.17) is 5.84 Å². The highest BCUT2D eigenvalue weighted by Crippen LogP contribution is 2.32. The van der Waals surface area contributed by atoms with E-state index in [1.807, 2.05) is 6.07 Å². The predicted molar refractivity (Wildman–Crippen MR) is 53.8 cm³/mol. The number of nitrogens with zero attached hydrogens (tertiary/aromatic N) is 1. The summed E-state index contributed by atoms with van der Waals surface area (Å²) >= 11 is 0. The fourth-order valence-electron chi connectivity index (χ4n) is 1.82. The number of allylic oxidation sites excluding steroid dienone is 1. The molecule has 1 aromatic carbocycles. The van der Waals surface area contributed by atoms with Crippen molar-refractivity contribution in [1.29, 1.82) is 0 Å². The zero-order chi connectivity index (χ0) is 9.26. The van der Waals surface area contributed by atoms with Crippen LogP contribution < -0.4 is 5.84 Å². The maximum Gasteiger partial charge on any atom is 0.0348 e. The molecule has 68 valence electrons. The highest BCUT2D eigenvalue weighted by atomic mass is 15.4. The normalized spacial score (nSPS) is 22.4. The molecule has 1 unspecified atom stereocenters. The van der Waals surface area contributed by atoms with Crippen molar-refractivity contribution in [2.75, 3.05) is 6.54 Å². The van der Waals surface area contributed by atoms with E-state index in [9.17, 15) is 0 Å². The van der Waals surface area contributed by atoms with Crippen LogP contribution in [0.4, 0.5) is 0 Å². The monoisotopic (exact) mass is 174 g/mol. The van der Waals surface area contributed by atoms with Crippen molar-refractivity contribution in [3.8, 4) is 0 Å². The fourth-order valence-corrected chi connectivity index (χ4v) is 1.82. The predicted octanol–water partition coefficient (Wildman–Crippen LogP) is 1.86. The molecule has 0 bridgehead atoms. The van der Waals surface area contributed by atoms with Gasteiger partial charge in [0.25, 0.3) is 0 Å². The molecule has 0 aromatic heterocycles. The van der Waals surface area contributed by atoms with Crippen molar-refractivity contribution >= 4 is 0 Å². The smallest absolute Gasteiger partial charge is 0.0348 e. The van der Waals surface area contributed by atoms with Crippen LogP contribution in [0.3, 0.4) is 0 Å². The third-order valence-corrected chi connectivity index (χ3v) is 2.63. The molecule has 2 N–H and O–H groups in total. The van der Waals surface area contributed by atoms with Crippen molar-refractivity contribution in [3.63, 3.8) is 0 Å². The van der Waals surface area contributed by atoms with Crippen LogP contribution in [-0.4, -0.2) is 11.6 Å². The van der Waals surface area contributed by atoms with Gasteiger partial charge in [-0.3, -0.25) is 0 Å². The summed E-state index contributed by atoms with van der Waals surface area (Å²) in [5, 5.41) is 1.75. The first-order valence-corrected chi connectivity index (χ1v) is 4.55. The van der Waals surface area contributed by atoms with E-state index in [-0.39, 0.29) is 0 Å². The molecule has 0 spiro atoms. The minimum absolute atomic E-state index is 0.422. The number of hydrogen-bond acceptors (Lipinski definition) is 2. The van der Waals surface area contributed by atoms with Crippen molar-refractivity contribution in [1.82, 2.24) is 5.01 Å². The van der Waals surface area contributed by atoms with Crippen molar-refractivity contribution in [2.24, 2.45) is 5.84 Å². The van der Waals surface area contributed by atoms with Gasteiger partial charge in [0.2, 0.25) is 0 Å². The summed E-state index contributed by atoms with van der Waals surface area (Å²) in [4.78, 5) is 0. The molecule has 1 heterocycles. The highest BCUT2D eigenvalue weighted by Gasteiger charge is 2.24. The molecule has 1 fully saturated rings. The highest BCUT2D eigenvalue weighted by molar-refractivity contribution is 5.28. The molecule has 0 aliphatic carbocycles. The quantitative estimate of drug-likeness (QED) is 0.658. The van der Waals surface area contributed by atoms with Crippen LogP contribution in [0.25, 0.3) is 0 Å². The van der Waals surface area contributed by atoms with Gasteiger partial charge in [-0.05, 0) is 12.0 Å². The lowest BCUT2D eigenvalue weighted by molar-refractivity contribution is 0.413. The minimum atomic E-state index is 0.422. The summed E-state index contributed by atoms with van der Waals surface area (Å²) in [7, 11) is 0. The Morgan fingerprint density at radius 1 is 1.31 bits per heavy atom. The summed E-state index contributed by atoms with van der Waals surface area (Å²) in [6.45, 7) is 4.91. The molecule has 1 aliphatic heterocycles. The van der Waals surface area contributed by atoms with E-state index < -0.39 is 0 Å². The van der Waals surface area contributed by atoms with Gasteiger partial charge < -0.3 is 5.01 Å². The summed E-state index contributed by atoms with van der Waals surface area (Å²) in [5.74, 6) is 6.16. The summed E-state index contributed by atoms with van der Waals surface area (Å²) in [6, 6.07) is 10.4. The maximum absolute atomic E-state index is 5.74. The number of nitrogens with two attached hydrogens (primary N) is 1. The standard InChI is InChI=1S/C11H14N2/c1-9-11(7-8-13(9)12)10-5-3-2-4-6-10/h2-6,11H,1,7-8,12H2. The van der Waals surface area contributed by atoms with E-state index >= 15 is 0 Å². The first-order chi connectivity index (χ1) is 6.29. The average Bonchev–Trinajstić information content (AvgIpc) is 2.49. The molecule has 13 heavy (non-hydrogen) atoms. The molecule has 1 aliphatic rings. The second kappa shape index (κ2) is 3.23. The van der Waals surface area contributed by atoms with Gasteiger partial charge in [-0.15, -0.1) is 0 Å². The summed E-state index contributed by atoms with van der Waals surface area (Å²) in [5.41, 5.74) is 2.35. The van der Waals surface area contributed by atoms with E-state index in [2.05, 4.69) is 30.8 Å². The van der Waals surface area contributed by atoms with Gasteiger partial charge in [0.05, 0.1) is 0 Å². The number of hydrogen-bond donors (Lipinski definition) is 1. The Kier molecular flexibility index (Phi) is 2.07.